The van der Waals surface area contributed by atoms with E-state index < -0.39 is 91.2 Å². The van der Waals surface area contributed by atoms with Gasteiger partial charge in [-0.15, -0.1) is 0 Å². The number of benzene rings is 1. The maximum Gasteiger partial charge on any atom is 0.408 e. The summed E-state index contributed by atoms with van der Waals surface area (Å²) in [7, 11) is -4.55. The van der Waals surface area contributed by atoms with Crippen LogP contribution in [-0.2, 0) is 38.7 Å². The van der Waals surface area contributed by atoms with Gasteiger partial charge < -0.3 is 30.1 Å². The third kappa shape index (κ3) is 7.87. The van der Waals surface area contributed by atoms with E-state index in [1.807, 2.05) is 0 Å². The number of nitrogens with one attached hydrogen (secondary N) is 2. The van der Waals surface area contributed by atoms with Gasteiger partial charge in [0.25, 0.3) is 12.2 Å². The Labute approximate surface area is 270 Å². The molecular formula is C29H37N5O12S. The third-order valence-electron chi connectivity index (χ3n) is 8.09. The van der Waals surface area contributed by atoms with Crippen LogP contribution in [0.4, 0.5) is 10.5 Å². The minimum atomic E-state index is -4.55. The smallest absolute Gasteiger partial charge is 0.408 e. The number of hydrogen-bond acceptors (Lipinski definition) is 11. The number of para-hydroxylation sites is 1. The molecule has 4 rings (SSSR count). The van der Waals surface area contributed by atoms with Gasteiger partial charge in [0.15, 0.2) is 4.90 Å². The van der Waals surface area contributed by atoms with Crippen LogP contribution in [0.25, 0.3) is 0 Å². The van der Waals surface area contributed by atoms with Crippen molar-refractivity contribution in [2.75, 3.05) is 19.6 Å². The first kappa shape index (κ1) is 35.3. The lowest BCUT2D eigenvalue weighted by molar-refractivity contribution is -0.387. The van der Waals surface area contributed by atoms with Crippen LogP contribution in [0.3, 0.4) is 0 Å². The molecule has 2 heterocycles. The minimum Gasteiger partial charge on any atom is -0.479 e. The molecule has 0 radical (unpaired) electrons. The van der Waals surface area contributed by atoms with E-state index in [1.54, 1.807) is 32.9 Å². The first-order valence-corrected chi connectivity index (χ1v) is 16.3. The number of carboxylic acid groups (broad SMARTS) is 1. The average molecular weight is 680 g/mol. The fourth-order valence-corrected chi connectivity index (χ4v) is 7.34. The third-order valence-corrected chi connectivity index (χ3v) is 10.0. The van der Waals surface area contributed by atoms with Gasteiger partial charge in [-0.1, -0.05) is 24.3 Å². The van der Waals surface area contributed by atoms with Crippen molar-refractivity contribution in [2.24, 2.45) is 5.92 Å². The van der Waals surface area contributed by atoms with Crippen molar-refractivity contribution in [1.29, 1.82) is 0 Å². The van der Waals surface area contributed by atoms with E-state index in [0.29, 0.717) is 0 Å². The van der Waals surface area contributed by atoms with E-state index in [-0.39, 0.29) is 45.2 Å². The lowest BCUT2D eigenvalue weighted by Crippen LogP contribution is -2.57. The molecule has 1 saturated heterocycles. The number of carbonyl (C=O) groups is 5. The van der Waals surface area contributed by atoms with Crippen LogP contribution in [-0.4, -0.2) is 107 Å². The summed E-state index contributed by atoms with van der Waals surface area (Å²) >= 11 is 0. The fourth-order valence-electron chi connectivity index (χ4n) is 5.71. The molecule has 0 unspecified atom stereocenters. The van der Waals surface area contributed by atoms with Crippen molar-refractivity contribution in [3.8, 4) is 0 Å². The molecule has 1 aromatic rings. The highest BCUT2D eigenvalue weighted by Crippen LogP contribution is 2.45. The van der Waals surface area contributed by atoms with Crippen LogP contribution in [0.2, 0.25) is 0 Å². The Morgan fingerprint density at radius 2 is 1.91 bits per heavy atom. The normalized spacial score (nSPS) is 27.9. The molecule has 1 aromatic carbocycles. The van der Waals surface area contributed by atoms with Gasteiger partial charge in [-0.25, -0.2) is 18.0 Å². The van der Waals surface area contributed by atoms with Crippen LogP contribution in [0.15, 0.2) is 41.3 Å². The summed E-state index contributed by atoms with van der Waals surface area (Å²) < 4.78 is 39.0. The Morgan fingerprint density at radius 1 is 1.21 bits per heavy atom. The molecule has 2 aliphatic heterocycles. The van der Waals surface area contributed by atoms with Crippen LogP contribution >= 0.6 is 0 Å². The summed E-state index contributed by atoms with van der Waals surface area (Å²) in [4.78, 5) is 75.3. The Balaban J connectivity index is 1.76. The molecule has 0 aromatic heterocycles. The summed E-state index contributed by atoms with van der Waals surface area (Å²) in [5.41, 5.74) is -3.32. The molecule has 3 aliphatic rings. The van der Waals surface area contributed by atoms with Gasteiger partial charge in [-0.05, 0) is 46.1 Å². The Morgan fingerprint density at radius 3 is 2.55 bits per heavy atom. The number of nitro groups is 1. The first-order valence-electron chi connectivity index (χ1n) is 14.8. The number of rotatable bonds is 7. The summed E-state index contributed by atoms with van der Waals surface area (Å²) in [6.07, 6.45) is 0.721. The number of amides is 3. The van der Waals surface area contributed by atoms with Crippen LogP contribution in [0, 0.1) is 16.0 Å². The standard InChI is InChI=1S/C29H37N5O12S/c1-28(2,3)46-27(40)30-20-11-13-32(47(43,44)23-10-5-4-9-21(23)34(41)42)12-7-6-8-18-15-29(18,26(38)39)31-24(36)22-14-19(45-17-35)16-33(22)25(20)37/h4-6,8-10,17-20,22H,7,11-16H2,1-3H3,(H,30,40)(H,31,36)(H,38,39)/b8-6-/t18-,19-,20+,22+,29-/m1/s1. The van der Waals surface area contributed by atoms with Gasteiger partial charge in [0.1, 0.15) is 29.3 Å². The van der Waals surface area contributed by atoms with Gasteiger partial charge in [0.2, 0.25) is 21.8 Å². The number of alkyl carbamates (subject to hydrolysis) is 1. The quantitative estimate of drug-likeness (QED) is 0.158. The van der Waals surface area contributed by atoms with Gasteiger partial charge in [0, 0.05) is 31.5 Å². The lowest BCUT2D eigenvalue weighted by Gasteiger charge is -2.31. The molecule has 47 heavy (non-hydrogen) atoms. The minimum absolute atomic E-state index is 0.0283. The van der Waals surface area contributed by atoms with E-state index in [4.69, 9.17) is 9.47 Å². The Kier molecular flexibility index (Phi) is 10.2. The number of sulfonamides is 1. The van der Waals surface area contributed by atoms with E-state index in [1.165, 1.54) is 12.1 Å². The highest BCUT2D eigenvalue weighted by Gasteiger charge is 2.61. The first-order chi connectivity index (χ1) is 22.0. The topological polar surface area (TPSA) is 232 Å². The molecule has 1 saturated carbocycles. The average Bonchev–Trinajstić information content (AvgIpc) is 3.51. The van der Waals surface area contributed by atoms with E-state index in [0.717, 1.165) is 21.3 Å². The molecule has 5 atom stereocenters. The maximum atomic E-state index is 14.1. The predicted molar refractivity (Wildman–Crippen MR) is 161 cm³/mol. The second-order valence-electron chi connectivity index (χ2n) is 12.5. The van der Waals surface area contributed by atoms with Gasteiger partial charge >= 0.3 is 12.1 Å². The molecule has 2 fully saturated rings. The summed E-state index contributed by atoms with van der Waals surface area (Å²) in [5.74, 6) is -3.61. The van der Waals surface area contributed by atoms with E-state index >= 15 is 0 Å². The predicted octanol–water partition coefficient (Wildman–Crippen LogP) is 0.931. The summed E-state index contributed by atoms with van der Waals surface area (Å²) in [6, 6.07) is 2.00. The maximum absolute atomic E-state index is 14.1. The molecule has 18 heteroatoms. The molecule has 1 aliphatic carbocycles. The molecule has 0 bridgehead atoms. The van der Waals surface area contributed by atoms with Crippen LogP contribution in [0.5, 0.6) is 0 Å². The zero-order valence-corrected chi connectivity index (χ0v) is 26.8. The van der Waals surface area contributed by atoms with E-state index in [2.05, 4.69) is 10.6 Å². The van der Waals surface area contributed by atoms with Crippen molar-refractivity contribution in [3.63, 3.8) is 0 Å². The molecule has 17 nitrogen and oxygen atoms in total. The number of nitro benzene ring substituents is 1. The number of ether oxygens (including phenoxy) is 2. The lowest BCUT2D eigenvalue weighted by atomic mass is 10.1. The van der Waals surface area contributed by atoms with Crippen molar-refractivity contribution in [2.45, 2.75) is 80.7 Å². The summed E-state index contributed by atoms with van der Waals surface area (Å²) in [6.45, 7) is 4.02. The highest BCUT2D eigenvalue weighted by atomic mass is 32.2. The zero-order valence-electron chi connectivity index (χ0n) is 26.0. The number of fused-ring (bicyclic) bond motifs is 2. The molecule has 256 valence electrons. The fraction of sp³-hybridized carbons (Fsp3) is 0.552. The van der Waals surface area contributed by atoms with Crippen molar-refractivity contribution in [1.82, 2.24) is 19.8 Å². The highest BCUT2D eigenvalue weighted by molar-refractivity contribution is 7.89. The molecule has 3 amide bonds. The Bertz CT molecular complexity index is 1570. The second-order valence-corrected chi connectivity index (χ2v) is 14.4. The van der Waals surface area contributed by atoms with Crippen molar-refractivity contribution < 1.29 is 51.9 Å². The van der Waals surface area contributed by atoms with Gasteiger partial charge in [-0.2, -0.15) is 4.31 Å². The monoisotopic (exact) mass is 679 g/mol. The zero-order chi connectivity index (χ0) is 34.7. The molecule has 0 spiro atoms. The van der Waals surface area contributed by atoms with Gasteiger partial charge in [0.05, 0.1) is 11.5 Å². The number of nitrogens with zero attached hydrogens (tertiary/aromatic N) is 3. The van der Waals surface area contributed by atoms with Crippen molar-refractivity contribution >= 4 is 46.1 Å². The largest absolute Gasteiger partial charge is 0.479 e. The SMILES string of the molecule is CC(C)(C)OC(=O)N[C@H]1CCN(S(=O)(=O)c2ccccc2[N+](=O)[O-])CC/C=C\[C@@H]2C[C@@]2(C(=O)O)NC(=O)[C@@H]2C[C@@H](OC=O)CN2C1=O. The second kappa shape index (κ2) is 13.6. The van der Waals surface area contributed by atoms with Crippen LogP contribution < -0.4 is 10.6 Å². The number of carboxylic acids is 1. The van der Waals surface area contributed by atoms with Crippen molar-refractivity contribution in [3.05, 3.63) is 46.5 Å². The molecular weight excluding hydrogens is 642 g/mol. The van der Waals surface area contributed by atoms with Gasteiger partial charge in [-0.3, -0.25) is 24.5 Å². The number of hydrogen-bond donors (Lipinski definition) is 3. The summed E-state index contributed by atoms with van der Waals surface area (Å²) in [5, 5.41) is 26.7. The van der Waals surface area contributed by atoms with E-state index in [9.17, 15) is 47.6 Å². The molecule has 3 N–H and O–H groups in total. The van der Waals surface area contributed by atoms with Crippen LogP contribution in [0.1, 0.15) is 46.5 Å². The number of aliphatic carboxylic acids is 1. The number of carbonyl (C=O) groups excluding carboxylic acids is 4. The Hall–Kier alpha value is -4.58.